The third kappa shape index (κ3) is 4.92. The number of benzene rings is 2. The molecule has 2 aromatic rings. The van der Waals surface area contributed by atoms with E-state index in [1.54, 1.807) is 43.5 Å². The molecular formula is C27H33N3O6S. The highest BCUT2D eigenvalue weighted by molar-refractivity contribution is 7.89. The number of methoxy groups -OCH3 is 2. The van der Waals surface area contributed by atoms with Crippen molar-refractivity contribution in [1.29, 1.82) is 0 Å². The summed E-state index contributed by atoms with van der Waals surface area (Å²) in [6, 6.07) is 10.3. The number of hydrogen-bond acceptors (Lipinski definition) is 6. The Morgan fingerprint density at radius 3 is 2.27 bits per heavy atom. The summed E-state index contributed by atoms with van der Waals surface area (Å²) >= 11 is 0. The van der Waals surface area contributed by atoms with E-state index in [9.17, 15) is 18.0 Å². The fourth-order valence-corrected chi connectivity index (χ4v) is 6.82. The van der Waals surface area contributed by atoms with Crippen molar-refractivity contribution in [3.05, 3.63) is 42.0 Å². The van der Waals surface area contributed by atoms with Gasteiger partial charge in [-0.2, -0.15) is 4.31 Å². The molecule has 1 saturated heterocycles. The zero-order valence-corrected chi connectivity index (χ0v) is 22.2. The van der Waals surface area contributed by atoms with Gasteiger partial charge in [0.15, 0.2) is 11.5 Å². The average molecular weight is 528 g/mol. The molecule has 3 aliphatic rings. The maximum atomic E-state index is 13.4. The Morgan fingerprint density at radius 1 is 0.919 bits per heavy atom. The van der Waals surface area contributed by atoms with Gasteiger partial charge in [0.2, 0.25) is 21.8 Å². The van der Waals surface area contributed by atoms with Crippen LogP contribution in [0, 0.1) is 11.8 Å². The summed E-state index contributed by atoms with van der Waals surface area (Å²) in [7, 11) is -0.620. The molecule has 0 bridgehead atoms. The second kappa shape index (κ2) is 9.98. The summed E-state index contributed by atoms with van der Waals surface area (Å²) in [5.41, 5.74) is 2.32. The largest absolute Gasteiger partial charge is 0.493 e. The zero-order chi connectivity index (χ0) is 26.3. The van der Waals surface area contributed by atoms with Crippen molar-refractivity contribution in [3.63, 3.8) is 0 Å². The van der Waals surface area contributed by atoms with Crippen LogP contribution in [-0.4, -0.2) is 57.9 Å². The SMILES string of the molecule is COc1ccc(NC(=O)C2CCN(S(=O)(=O)c3ccc4c(c3)C[C@H](C)N4C(=O)C3CC3)CC2)cc1OC. The lowest BCUT2D eigenvalue weighted by atomic mass is 9.97. The van der Waals surface area contributed by atoms with Crippen LogP contribution in [0.2, 0.25) is 0 Å². The van der Waals surface area contributed by atoms with E-state index < -0.39 is 10.0 Å². The topological polar surface area (TPSA) is 105 Å². The molecule has 2 fully saturated rings. The van der Waals surface area contributed by atoms with Gasteiger partial charge in [0.1, 0.15) is 0 Å². The van der Waals surface area contributed by atoms with Crippen LogP contribution < -0.4 is 19.7 Å². The second-order valence-electron chi connectivity index (χ2n) is 10.1. The van der Waals surface area contributed by atoms with E-state index in [0.29, 0.717) is 36.4 Å². The normalized spacial score (nSPS) is 20.4. The van der Waals surface area contributed by atoms with Crippen LogP contribution in [0.25, 0.3) is 0 Å². The van der Waals surface area contributed by atoms with Gasteiger partial charge in [-0.25, -0.2) is 8.42 Å². The number of hydrogen-bond donors (Lipinski definition) is 1. The molecule has 5 rings (SSSR count). The second-order valence-corrected chi connectivity index (χ2v) is 12.0. The van der Waals surface area contributed by atoms with Gasteiger partial charge >= 0.3 is 0 Å². The number of fused-ring (bicyclic) bond motifs is 1. The number of carbonyl (C=O) groups excluding carboxylic acids is 2. The standard InChI is InChI=1S/C27H33N3O6S/c1-17-14-20-15-22(7-8-23(20)30(17)27(32)19-4-5-19)37(33,34)29-12-10-18(11-13-29)26(31)28-21-6-9-24(35-2)25(16-21)36-3/h6-9,15-19H,4-5,10-14H2,1-3H3,(H,28,31)/t17-/m0/s1. The summed E-state index contributed by atoms with van der Waals surface area (Å²) in [5, 5.41) is 2.91. The maximum Gasteiger partial charge on any atom is 0.243 e. The summed E-state index contributed by atoms with van der Waals surface area (Å²) in [4.78, 5) is 27.7. The maximum absolute atomic E-state index is 13.4. The Hall–Kier alpha value is -3.11. The lowest BCUT2D eigenvalue weighted by Crippen LogP contribution is -2.41. The molecule has 2 amide bonds. The minimum atomic E-state index is -3.70. The fourth-order valence-electron chi connectivity index (χ4n) is 5.30. The zero-order valence-electron chi connectivity index (χ0n) is 21.4. The predicted molar refractivity (Wildman–Crippen MR) is 139 cm³/mol. The Labute approximate surface area is 217 Å². The number of ether oxygens (including phenoxy) is 2. The number of rotatable bonds is 7. The van der Waals surface area contributed by atoms with Gasteiger partial charge in [0.25, 0.3) is 0 Å². The molecule has 1 atom stereocenters. The van der Waals surface area contributed by atoms with E-state index in [-0.39, 0.29) is 47.7 Å². The van der Waals surface area contributed by atoms with Gasteiger partial charge in [0.05, 0.1) is 19.1 Å². The first-order chi connectivity index (χ1) is 17.7. The quantitative estimate of drug-likeness (QED) is 0.592. The number of amides is 2. The Kier molecular flexibility index (Phi) is 6.89. The van der Waals surface area contributed by atoms with Crippen LogP contribution in [-0.2, 0) is 26.0 Å². The molecule has 0 aromatic heterocycles. The first kappa shape index (κ1) is 25.5. The molecular weight excluding hydrogens is 494 g/mol. The number of nitrogens with one attached hydrogen (secondary N) is 1. The summed E-state index contributed by atoms with van der Waals surface area (Å²) in [6.07, 6.45) is 3.39. The molecule has 10 heteroatoms. The molecule has 0 unspecified atom stereocenters. The van der Waals surface area contributed by atoms with Crippen LogP contribution in [0.15, 0.2) is 41.3 Å². The lowest BCUT2D eigenvalue weighted by Gasteiger charge is -2.30. The van der Waals surface area contributed by atoms with Gasteiger partial charge in [-0.05, 0) is 74.9 Å². The average Bonchev–Trinajstić information content (AvgIpc) is 3.70. The summed E-state index contributed by atoms with van der Waals surface area (Å²) in [5.74, 6) is 0.920. The van der Waals surface area contributed by atoms with Crippen molar-refractivity contribution in [3.8, 4) is 11.5 Å². The number of sulfonamides is 1. The van der Waals surface area contributed by atoms with E-state index in [4.69, 9.17) is 9.47 Å². The number of anilines is 2. The molecule has 198 valence electrons. The number of piperidine rings is 1. The predicted octanol–water partition coefficient (Wildman–Crippen LogP) is 3.43. The molecule has 2 aromatic carbocycles. The molecule has 9 nitrogen and oxygen atoms in total. The van der Waals surface area contributed by atoms with Crippen molar-refractivity contribution in [2.24, 2.45) is 11.8 Å². The third-order valence-electron chi connectivity index (χ3n) is 7.54. The van der Waals surface area contributed by atoms with Gasteiger partial charge in [-0.15, -0.1) is 0 Å². The third-order valence-corrected chi connectivity index (χ3v) is 9.44. The highest BCUT2D eigenvalue weighted by Gasteiger charge is 2.40. The molecule has 37 heavy (non-hydrogen) atoms. The van der Waals surface area contributed by atoms with Crippen LogP contribution in [0.3, 0.4) is 0 Å². The van der Waals surface area contributed by atoms with Crippen molar-refractivity contribution in [1.82, 2.24) is 4.31 Å². The van der Waals surface area contributed by atoms with Crippen LogP contribution in [0.4, 0.5) is 11.4 Å². The molecule has 2 aliphatic heterocycles. The van der Waals surface area contributed by atoms with Crippen LogP contribution >= 0.6 is 0 Å². The van der Waals surface area contributed by atoms with Crippen molar-refractivity contribution >= 4 is 33.2 Å². The molecule has 1 saturated carbocycles. The van der Waals surface area contributed by atoms with Crippen LogP contribution in [0.5, 0.6) is 11.5 Å². The first-order valence-corrected chi connectivity index (χ1v) is 14.2. The van der Waals surface area contributed by atoms with Gasteiger partial charge in [0, 0.05) is 48.4 Å². The van der Waals surface area contributed by atoms with Gasteiger partial charge < -0.3 is 19.7 Å². The Balaban J connectivity index is 1.23. The van der Waals surface area contributed by atoms with Crippen molar-refractivity contribution in [2.75, 3.05) is 37.5 Å². The van der Waals surface area contributed by atoms with Crippen LogP contribution in [0.1, 0.15) is 38.2 Å². The smallest absolute Gasteiger partial charge is 0.243 e. The fraction of sp³-hybridized carbons (Fsp3) is 0.481. The molecule has 0 radical (unpaired) electrons. The molecule has 2 heterocycles. The summed E-state index contributed by atoms with van der Waals surface area (Å²) < 4.78 is 38.8. The Morgan fingerprint density at radius 2 is 1.62 bits per heavy atom. The van der Waals surface area contributed by atoms with E-state index in [1.165, 1.54) is 11.4 Å². The molecule has 0 spiro atoms. The molecule has 1 aliphatic carbocycles. The first-order valence-electron chi connectivity index (χ1n) is 12.7. The minimum absolute atomic E-state index is 0.0287. The van der Waals surface area contributed by atoms with E-state index >= 15 is 0 Å². The van der Waals surface area contributed by atoms with Crippen molar-refractivity contribution < 1.29 is 27.5 Å². The van der Waals surface area contributed by atoms with E-state index in [0.717, 1.165) is 24.1 Å². The highest BCUT2D eigenvalue weighted by atomic mass is 32.2. The Bertz CT molecular complexity index is 1320. The minimum Gasteiger partial charge on any atom is -0.493 e. The van der Waals surface area contributed by atoms with E-state index in [1.807, 2.05) is 11.8 Å². The van der Waals surface area contributed by atoms with Gasteiger partial charge in [-0.1, -0.05) is 0 Å². The highest BCUT2D eigenvalue weighted by Crippen LogP contribution is 2.40. The molecule has 1 N–H and O–H groups in total. The summed E-state index contributed by atoms with van der Waals surface area (Å²) in [6.45, 7) is 2.55. The number of carbonyl (C=O) groups is 2. The van der Waals surface area contributed by atoms with Gasteiger partial charge in [-0.3, -0.25) is 9.59 Å². The van der Waals surface area contributed by atoms with E-state index in [2.05, 4.69) is 5.32 Å². The van der Waals surface area contributed by atoms with Crippen molar-refractivity contribution in [2.45, 2.75) is 50.0 Å². The monoisotopic (exact) mass is 527 g/mol. The number of nitrogens with zero attached hydrogens (tertiary/aromatic N) is 2. The lowest BCUT2D eigenvalue weighted by molar-refractivity contribution is -0.121.